The van der Waals surface area contributed by atoms with E-state index >= 15 is 0 Å². The molecule has 1 saturated heterocycles. The summed E-state index contributed by atoms with van der Waals surface area (Å²) in [5.74, 6) is -0.808. The number of carboxylic acids is 1. The Kier molecular flexibility index (Phi) is 5.08. The van der Waals surface area contributed by atoms with Gasteiger partial charge in [0.1, 0.15) is 6.54 Å². The maximum atomic E-state index is 12.9. The minimum atomic E-state index is -3.65. The molecule has 0 atom stereocenters. The van der Waals surface area contributed by atoms with Crippen LogP contribution in [0.4, 0.5) is 5.69 Å². The van der Waals surface area contributed by atoms with Gasteiger partial charge in [-0.05, 0) is 37.0 Å². The van der Waals surface area contributed by atoms with Gasteiger partial charge in [-0.1, -0.05) is 6.92 Å². The molecule has 0 spiro atoms. The van der Waals surface area contributed by atoms with E-state index in [0.29, 0.717) is 29.6 Å². The third-order valence-corrected chi connectivity index (χ3v) is 7.49. The van der Waals surface area contributed by atoms with Crippen LogP contribution in [0.25, 0.3) is 0 Å². The van der Waals surface area contributed by atoms with Crippen molar-refractivity contribution >= 4 is 39.3 Å². The van der Waals surface area contributed by atoms with Crippen molar-refractivity contribution in [3.05, 3.63) is 18.2 Å². The van der Waals surface area contributed by atoms with Gasteiger partial charge in [0.05, 0.1) is 16.3 Å². The smallest absolute Gasteiger partial charge is 0.323 e. The number of carbonyl (C=O) groups is 2. The number of carbonyl (C=O) groups excluding carboxylic acids is 1. The summed E-state index contributed by atoms with van der Waals surface area (Å²) in [5.41, 5.74) is 0.357. The number of thioether (sulfide) groups is 1. The molecule has 0 aliphatic carbocycles. The third-order valence-electron chi connectivity index (χ3n) is 4.55. The van der Waals surface area contributed by atoms with Crippen LogP contribution in [0.3, 0.4) is 0 Å². The molecule has 0 bridgehead atoms. The second-order valence-electron chi connectivity index (χ2n) is 6.38. The van der Waals surface area contributed by atoms with Gasteiger partial charge in [0.2, 0.25) is 15.9 Å². The molecule has 9 heteroatoms. The van der Waals surface area contributed by atoms with Crippen molar-refractivity contribution in [2.75, 3.05) is 30.3 Å². The van der Waals surface area contributed by atoms with E-state index in [1.54, 1.807) is 6.07 Å². The van der Waals surface area contributed by atoms with E-state index in [2.05, 4.69) is 6.92 Å². The lowest BCUT2D eigenvalue weighted by Gasteiger charge is -2.31. The summed E-state index contributed by atoms with van der Waals surface area (Å²) in [6.45, 7) is 2.59. The molecule has 7 nitrogen and oxygen atoms in total. The second kappa shape index (κ2) is 6.97. The van der Waals surface area contributed by atoms with Crippen LogP contribution in [0.2, 0.25) is 0 Å². The Balaban J connectivity index is 1.95. The van der Waals surface area contributed by atoms with Crippen molar-refractivity contribution in [1.82, 2.24) is 4.31 Å². The Morgan fingerprint density at radius 2 is 2.00 bits per heavy atom. The highest BCUT2D eigenvalue weighted by molar-refractivity contribution is 8.00. The number of hydrogen-bond donors (Lipinski definition) is 1. The molecule has 1 aromatic rings. The van der Waals surface area contributed by atoms with E-state index in [4.69, 9.17) is 5.11 Å². The zero-order chi connectivity index (χ0) is 18.2. The lowest BCUT2D eigenvalue weighted by Crippen LogP contribution is -2.40. The highest BCUT2D eigenvalue weighted by Gasteiger charge is 2.31. The van der Waals surface area contributed by atoms with Gasteiger partial charge in [-0.25, -0.2) is 8.42 Å². The van der Waals surface area contributed by atoms with Gasteiger partial charge in [-0.3, -0.25) is 14.5 Å². The number of fused-ring (bicyclic) bond motifs is 1. The molecule has 0 radical (unpaired) electrons. The predicted octanol–water partition coefficient (Wildman–Crippen LogP) is 1.63. The van der Waals surface area contributed by atoms with Crippen LogP contribution in [0.5, 0.6) is 0 Å². The summed E-state index contributed by atoms with van der Waals surface area (Å²) in [5, 5.41) is 9.04. The molecule has 1 aromatic carbocycles. The highest BCUT2D eigenvalue weighted by Crippen LogP contribution is 2.37. The first-order valence-corrected chi connectivity index (χ1v) is 10.5. The zero-order valence-electron chi connectivity index (χ0n) is 13.8. The number of carboxylic acid groups (broad SMARTS) is 1. The number of hydrogen-bond acceptors (Lipinski definition) is 5. The predicted molar refractivity (Wildman–Crippen MR) is 94.3 cm³/mol. The zero-order valence-corrected chi connectivity index (χ0v) is 15.5. The van der Waals surface area contributed by atoms with Crippen molar-refractivity contribution in [2.24, 2.45) is 5.92 Å². The molecule has 0 saturated carbocycles. The van der Waals surface area contributed by atoms with Crippen LogP contribution in [-0.2, 0) is 19.6 Å². The number of anilines is 1. The van der Waals surface area contributed by atoms with E-state index in [-0.39, 0.29) is 16.6 Å². The number of aliphatic carboxylic acids is 1. The number of rotatable bonds is 4. The van der Waals surface area contributed by atoms with E-state index in [9.17, 15) is 18.0 Å². The van der Waals surface area contributed by atoms with E-state index in [1.807, 2.05) is 0 Å². The lowest BCUT2D eigenvalue weighted by molar-refractivity contribution is -0.136. The molecule has 2 aliphatic rings. The van der Waals surface area contributed by atoms with Gasteiger partial charge >= 0.3 is 5.97 Å². The normalized spacial score (nSPS) is 19.7. The number of nitrogens with zero attached hydrogens (tertiary/aromatic N) is 2. The van der Waals surface area contributed by atoms with E-state index in [0.717, 1.165) is 17.7 Å². The summed E-state index contributed by atoms with van der Waals surface area (Å²) >= 11 is 1.29. The van der Waals surface area contributed by atoms with Crippen molar-refractivity contribution in [3.8, 4) is 0 Å². The van der Waals surface area contributed by atoms with Crippen LogP contribution in [-0.4, -0.2) is 55.1 Å². The molecule has 0 aromatic heterocycles. The Morgan fingerprint density at radius 3 is 2.64 bits per heavy atom. The van der Waals surface area contributed by atoms with E-state index < -0.39 is 22.5 Å². The number of amides is 1. The Morgan fingerprint density at radius 1 is 1.32 bits per heavy atom. The number of benzene rings is 1. The Hall–Kier alpha value is -1.58. The van der Waals surface area contributed by atoms with Gasteiger partial charge in [0.15, 0.2) is 0 Å². The molecular formula is C16H20N2O5S2. The van der Waals surface area contributed by atoms with Gasteiger partial charge < -0.3 is 5.11 Å². The van der Waals surface area contributed by atoms with Crippen molar-refractivity contribution in [1.29, 1.82) is 0 Å². The molecule has 1 N–H and O–H groups in total. The van der Waals surface area contributed by atoms with E-state index in [1.165, 1.54) is 28.2 Å². The largest absolute Gasteiger partial charge is 0.480 e. The van der Waals surface area contributed by atoms with Gasteiger partial charge in [-0.15, -0.1) is 11.8 Å². The highest BCUT2D eigenvalue weighted by atomic mass is 32.2. The Bertz CT molecular complexity index is 801. The fourth-order valence-electron chi connectivity index (χ4n) is 3.03. The lowest BCUT2D eigenvalue weighted by atomic mass is 10.0. The molecule has 0 unspecified atom stereocenters. The van der Waals surface area contributed by atoms with Crippen LogP contribution in [0.1, 0.15) is 19.8 Å². The molecule has 25 heavy (non-hydrogen) atoms. The van der Waals surface area contributed by atoms with Gasteiger partial charge in [0, 0.05) is 18.0 Å². The fourth-order valence-corrected chi connectivity index (χ4v) is 5.43. The summed E-state index contributed by atoms with van der Waals surface area (Å²) in [4.78, 5) is 25.1. The quantitative estimate of drug-likeness (QED) is 0.848. The standard InChI is InChI=1S/C16H20N2O5S2/c1-11-4-6-17(7-5-11)25(22,23)12-2-3-14-13(8-12)18(9-16(20)21)15(19)10-24-14/h2-3,8,11H,4-7,9-10H2,1H3,(H,20,21). The van der Waals surface area contributed by atoms with Crippen molar-refractivity contribution in [2.45, 2.75) is 29.6 Å². The first kappa shape index (κ1) is 18.2. The maximum absolute atomic E-state index is 12.9. The van der Waals surface area contributed by atoms with Crippen molar-refractivity contribution in [3.63, 3.8) is 0 Å². The Labute approximate surface area is 151 Å². The first-order chi connectivity index (χ1) is 11.8. The average Bonchev–Trinajstić information content (AvgIpc) is 2.57. The minimum Gasteiger partial charge on any atom is -0.480 e. The maximum Gasteiger partial charge on any atom is 0.323 e. The summed E-state index contributed by atoms with van der Waals surface area (Å²) in [6.07, 6.45) is 1.65. The van der Waals surface area contributed by atoms with Crippen molar-refractivity contribution < 1.29 is 23.1 Å². The third kappa shape index (κ3) is 3.68. The molecular weight excluding hydrogens is 364 g/mol. The molecule has 1 amide bonds. The van der Waals surface area contributed by atoms with Crippen LogP contribution < -0.4 is 4.90 Å². The molecule has 3 rings (SSSR count). The van der Waals surface area contributed by atoms with Gasteiger partial charge in [0.25, 0.3) is 0 Å². The summed E-state index contributed by atoms with van der Waals surface area (Å²) < 4.78 is 27.2. The molecule has 2 heterocycles. The average molecular weight is 384 g/mol. The molecule has 1 fully saturated rings. The monoisotopic (exact) mass is 384 g/mol. The van der Waals surface area contributed by atoms with Crippen LogP contribution >= 0.6 is 11.8 Å². The number of piperidine rings is 1. The topological polar surface area (TPSA) is 95.0 Å². The number of sulfonamides is 1. The fraction of sp³-hybridized carbons (Fsp3) is 0.500. The second-order valence-corrected chi connectivity index (χ2v) is 9.33. The molecule has 2 aliphatic heterocycles. The summed E-state index contributed by atoms with van der Waals surface area (Å²) in [6, 6.07) is 4.62. The van der Waals surface area contributed by atoms with Gasteiger partial charge in [-0.2, -0.15) is 4.31 Å². The van der Waals surface area contributed by atoms with Crippen LogP contribution in [0, 0.1) is 5.92 Å². The SMILES string of the molecule is CC1CCN(S(=O)(=O)c2ccc3c(c2)N(CC(=O)O)C(=O)CS3)CC1. The van der Waals surface area contributed by atoms with Crippen LogP contribution in [0.15, 0.2) is 28.0 Å². The first-order valence-electron chi connectivity index (χ1n) is 8.08. The summed E-state index contributed by atoms with van der Waals surface area (Å²) in [7, 11) is -3.65. The molecule has 136 valence electrons. The minimum absolute atomic E-state index is 0.103.